The molecule has 2 rings (SSSR count). The molecule has 1 N–H and O–H groups in total. The molecule has 2 aromatic rings. The Morgan fingerprint density at radius 2 is 2.31 bits per heavy atom. The fourth-order valence-electron chi connectivity index (χ4n) is 1.13. The van der Waals surface area contributed by atoms with Crippen LogP contribution in [0.3, 0.4) is 0 Å². The SMILES string of the molecule is Cc1cc(C(=O)Nc2cccc(Br)n2)no1. The molecule has 1 amide bonds. The molecule has 0 saturated carbocycles. The van der Waals surface area contributed by atoms with Crippen LogP contribution in [0.5, 0.6) is 0 Å². The van der Waals surface area contributed by atoms with Crippen LogP contribution in [0.1, 0.15) is 16.2 Å². The zero-order chi connectivity index (χ0) is 11.5. The number of amides is 1. The molecule has 2 heterocycles. The van der Waals surface area contributed by atoms with Crippen LogP contribution in [0, 0.1) is 6.92 Å². The quantitative estimate of drug-likeness (QED) is 0.859. The second kappa shape index (κ2) is 4.44. The van der Waals surface area contributed by atoms with Gasteiger partial charge in [-0.15, -0.1) is 0 Å². The molecule has 6 heteroatoms. The molecule has 0 fully saturated rings. The van der Waals surface area contributed by atoms with Crippen molar-refractivity contribution in [1.82, 2.24) is 10.1 Å². The van der Waals surface area contributed by atoms with Gasteiger partial charge in [-0.05, 0) is 35.0 Å². The van der Waals surface area contributed by atoms with E-state index in [0.29, 0.717) is 16.2 Å². The largest absolute Gasteiger partial charge is 0.361 e. The molecule has 0 atom stereocenters. The van der Waals surface area contributed by atoms with Crippen LogP contribution in [0.25, 0.3) is 0 Å². The molecule has 0 aromatic carbocycles. The predicted molar refractivity (Wildman–Crippen MR) is 61.1 cm³/mol. The van der Waals surface area contributed by atoms with E-state index >= 15 is 0 Å². The Labute approximate surface area is 100.0 Å². The number of nitrogens with zero attached hydrogens (tertiary/aromatic N) is 2. The van der Waals surface area contributed by atoms with E-state index in [1.165, 1.54) is 0 Å². The van der Waals surface area contributed by atoms with Gasteiger partial charge in [0.1, 0.15) is 16.2 Å². The van der Waals surface area contributed by atoms with Gasteiger partial charge in [0.05, 0.1) is 0 Å². The van der Waals surface area contributed by atoms with E-state index < -0.39 is 0 Å². The Hall–Kier alpha value is -1.69. The lowest BCUT2D eigenvalue weighted by atomic mass is 10.3. The monoisotopic (exact) mass is 281 g/mol. The van der Waals surface area contributed by atoms with E-state index in [0.717, 1.165) is 0 Å². The number of aryl methyl sites for hydroxylation is 1. The minimum atomic E-state index is -0.345. The molecule has 0 saturated heterocycles. The van der Waals surface area contributed by atoms with E-state index in [4.69, 9.17) is 4.52 Å². The van der Waals surface area contributed by atoms with Gasteiger partial charge in [-0.25, -0.2) is 4.98 Å². The first kappa shape index (κ1) is 10.8. The number of pyridine rings is 1. The number of carbonyl (C=O) groups is 1. The number of aromatic nitrogens is 2. The van der Waals surface area contributed by atoms with Crippen molar-refractivity contribution >= 4 is 27.7 Å². The molecule has 0 aliphatic rings. The van der Waals surface area contributed by atoms with Crippen LogP contribution in [-0.2, 0) is 0 Å². The topological polar surface area (TPSA) is 68.0 Å². The van der Waals surface area contributed by atoms with Gasteiger partial charge >= 0.3 is 0 Å². The zero-order valence-corrected chi connectivity index (χ0v) is 9.98. The molecule has 0 radical (unpaired) electrons. The first-order valence-electron chi connectivity index (χ1n) is 4.52. The molecule has 0 aliphatic carbocycles. The zero-order valence-electron chi connectivity index (χ0n) is 8.40. The summed E-state index contributed by atoms with van der Waals surface area (Å²) in [7, 11) is 0. The summed E-state index contributed by atoms with van der Waals surface area (Å²) in [5, 5.41) is 6.22. The Balaban J connectivity index is 2.13. The van der Waals surface area contributed by atoms with Crippen molar-refractivity contribution in [3.8, 4) is 0 Å². The average Bonchev–Trinajstić information content (AvgIpc) is 2.65. The van der Waals surface area contributed by atoms with Crippen LogP contribution < -0.4 is 5.32 Å². The molecule has 0 spiro atoms. The number of hydrogen-bond acceptors (Lipinski definition) is 4. The van der Waals surface area contributed by atoms with Crippen molar-refractivity contribution in [3.05, 3.63) is 40.3 Å². The van der Waals surface area contributed by atoms with Crippen molar-refractivity contribution in [2.24, 2.45) is 0 Å². The van der Waals surface area contributed by atoms with Crippen LogP contribution in [-0.4, -0.2) is 16.0 Å². The summed E-state index contributed by atoms with van der Waals surface area (Å²) in [6.07, 6.45) is 0. The van der Waals surface area contributed by atoms with Crippen LogP contribution in [0.15, 0.2) is 33.4 Å². The Bertz CT molecular complexity index is 524. The minimum Gasteiger partial charge on any atom is -0.361 e. The highest BCUT2D eigenvalue weighted by Crippen LogP contribution is 2.11. The number of anilines is 1. The van der Waals surface area contributed by atoms with Crippen LogP contribution in [0.4, 0.5) is 5.82 Å². The van der Waals surface area contributed by atoms with Crippen LogP contribution >= 0.6 is 15.9 Å². The van der Waals surface area contributed by atoms with Crippen molar-refractivity contribution in [1.29, 1.82) is 0 Å². The summed E-state index contributed by atoms with van der Waals surface area (Å²) in [5.74, 6) is 0.704. The number of rotatable bonds is 2. The van der Waals surface area contributed by atoms with Crippen molar-refractivity contribution in [3.63, 3.8) is 0 Å². The van der Waals surface area contributed by atoms with E-state index in [1.54, 1.807) is 31.2 Å². The first-order chi connectivity index (χ1) is 7.65. The highest BCUT2D eigenvalue weighted by atomic mass is 79.9. The van der Waals surface area contributed by atoms with E-state index in [9.17, 15) is 4.79 Å². The third kappa shape index (κ3) is 2.46. The Morgan fingerprint density at radius 3 is 2.94 bits per heavy atom. The normalized spacial score (nSPS) is 10.1. The van der Waals surface area contributed by atoms with Crippen molar-refractivity contribution in [2.75, 3.05) is 5.32 Å². The summed E-state index contributed by atoms with van der Waals surface area (Å²) < 4.78 is 5.46. The fraction of sp³-hybridized carbons (Fsp3) is 0.100. The summed E-state index contributed by atoms with van der Waals surface area (Å²) in [4.78, 5) is 15.7. The summed E-state index contributed by atoms with van der Waals surface area (Å²) in [6.45, 7) is 1.72. The lowest BCUT2D eigenvalue weighted by Crippen LogP contribution is -2.13. The second-order valence-electron chi connectivity index (χ2n) is 3.12. The highest BCUT2D eigenvalue weighted by molar-refractivity contribution is 9.10. The van der Waals surface area contributed by atoms with Gasteiger partial charge in [-0.3, -0.25) is 4.79 Å². The predicted octanol–water partition coefficient (Wildman–Crippen LogP) is 2.39. The lowest BCUT2D eigenvalue weighted by molar-refractivity contribution is 0.101. The van der Waals surface area contributed by atoms with Gasteiger partial charge in [-0.2, -0.15) is 0 Å². The van der Waals surface area contributed by atoms with Gasteiger partial charge in [0.15, 0.2) is 5.69 Å². The molecule has 16 heavy (non-hydrogen) atoms. The van der Waals surface area contributed by atoms with E-state index in [2.05, 4.69) is 31.4 Å². The molecule has 2 aromatic heterocycles. The molecule has 5 nitrogen and oxygen atoms in total. The Morgan fingerprint density at radius 1 is 1.50 bits per heavy atom. The summed E-state index contributed by atoms with van der Waals surface area (Å²) >= 11 is 3.22. The third-order valence-electron chi connectivity index (χ3n) is 1.82. The van der Waals surface area contributed by atoms with Crippen molar-refractivity contribution < 1.29 is 9.32 Å². The third-order valence-corrected chi connectivity index (χ3v) is 2.26. The molecule has 0 unspecified atom stereocenters. The number of carbonyl (C=O) groups excluding carboxylic acids is 1. The molecular weight excluding hydrogens is 274 g/mol. The van der Waals surface area contributed by atoms with Gasteiger partial charge in [-0.1, -0.05) is 11.2 Å². The molecule has 0 bridgehead atoms. The summed E-state index contributed by atoms with van der Waals surface area (Å²) in [6, 6.07) is 6.81. The van der Waals surface area contributed by atoms with E-state index in [-0.39, 0.29) is 11.6 Å². The Kier molecular flexibility index (Phi) is 3.00. The molecule has 0 aliphatic heterocycles. The van der Waals surface area contributed by atoms with Gasteiger partial charge in [0.2, 0.25) is 0 Å². The molecule has 82 valence electrons. The maximum absolute atomic E-state index is 11.6. The van der Waals surface area contributed by atoms with Gasteiger partial charge in [0.25, 0.3) is 5.91 Å². The highest BCUT2D eigenvalue weighted by Gasteiger charge is 2.11. The summed E-state index contributed by atoms with van der Waals surface area (Å²) in [5.41, 5.74) is 0.235. The maximum Gasteiger partial charge on any atom is 0.279 e. The first-order valence-corrected chi connectivity index (χ1v) is 5.31. The molecular formula is C10H8BrN3O2. The second-order valence-corrected chi connectivity index (χ2v) is 3.93. The van der Waals surface area contributed by atoms with Crippen LogP contribution in [0.2, 0.25) is 0 Å². The number of halogens is 1. The lowest BCUT2D eigenvalue weighted by Gasteiger charge is -2.01. The standard InChI is InChI=1S/C10H8BrN3O2/c1-6-5-7(14-16-6)10(15)13-9-4-2-3-8(11)12-9/h2-5H,1H3,(H,12,13,15). The number of nitrogens with one attached hydrogen (secondary N) is 1. The van der Waals surface area contributed by atoms with Gasteiger partial charge < -0.3 is 9.84 Å². The fourth-order valence-corrected chi connectivity index (χ4v) is 1.48. The smallest absolute Gasteiger partial charge is 0.279 e. The number of hydrogen-bond donors (Lipinski definition) is 1. The minimum absolute atomic E-state index is 0.235. The van der Waals surface area contributed by atoms with Crippen molar-refractivity contribution in [2.45, 2.75) is 6.92 Å². The maximum atomic E-state index is 11.6. The average molecular weight is 282 g/mol. The van der Waals surface area contributed by atoms with Gasteiger partial charge in [0, 0.05) is 6.07 Å². The van der Waals surface area contributed by atoms with E-state index in [1.807, 2.05) is 0 Å².